The van der Waals surface area contributed by atoms with Crippen LogP contribution in [0, 0.1) is 5.92 Å². The third-order valence-electron chi connectivity index (χ3n) is 3.73. The second kappa shape index (κ2) is 5.53. The number of carbonyl (C=O) groups excluding carboxylic acids is 1. The van der Waals surface area contributed by atoms with E-state index in [1.165, 1.54) is 6.42 Å². The molecule has 0 aromatic heterocycles. The summed E-state index contributed by atoms with van der Waals surface area (Å²) in [4.78, 5) is 13.4. The molecule has 0 aromatic carbocycles. The van der Waals surface area contributed by atoms with Gasteiger partial charge in [-0.15, -0.1) is 0 Å². The molecule has 16 heavy (non-hydrogen) atoms. The SMILES string of the molecule is CCCN(C(N)=O)C1(CN)CCCC(C)C1. The topological polar surface area (TPSA) is 72.3 Å². The first-order chi connectivity index (χ1) is 7.55. The number of primary amides is 1. The summed E-state index contributed by atoms with van der Waals surface area (Å²) in [5.74, 6) is 0.635. The smallest absolute Gasteiger partial charge is 0.315 e. The first kappa shape index (κ1) is 13.3. The summed E-state index contributed by atoms with van der Waals surface area (Å²) < 4.78 is 0. The van der Waals surface area contributed by atoms with E-state index in [0.29, 0.717) is 12.5 Å². The average Bonchev–Trinajstić information content (AvgIpc) is 2.25. The molecule has 0 radical (unpaired) electrons. The van der Waals surface area contributed by atoms with Crippen molar-refractivity contribution in [2.75, 3.05) is 13.1 Å². The van der Waals surface area contributed by atoms with Crippen LogP contribution in [0.2, 0.25) is 0 Å². The van der Waals surface area contributed by atoms with Crippen molar-refractivity contribution >= 4 is 6.03 Å². The normalized spacial score (nSPS) is 30.1. The third kappa shape index (κ3) is 2.67. The maximum atomic E-state index is 11.6. The summed E-state index contributed by atoms with van der Waals surface area (Å²) in [5, 5.41) is 0. The fourth-order valence-corrected chi connectivity index (χ4v) is 2.98. The number of nitrogens with two attached hydrogens (primary N) is 2. The Morgan fingerprint density at radius 1 is 1.56 bits per heavy atom. The highest BCUT2D eigenvalue weighted by atomic mass is 16.2. The van der Waals surface area contributed by atoms with Crippen LogP contribution in [0.15, 0.2) is 0 Å². The highest BCUT2D eigenvalue weighted by molar-refractivity contribution is 5.73. The molecule has 0 heterocycles. The molecule has 1 saturated carbocycles. The maximum Gasteiger partial charge on any atom is 0.315 e. The standard InChI is InChI=1S/C12H25N3O/c1-3-7-15(11(14)16)12(9-13)6-4-5-10(2)8-12/h10H,3-9,13H2,1-2H3,(H2,14,16). The summed E-state index contributed by atoms with van der Waals surface area (Å²) >= 11 is 0. The number of urea groups is 1. The zero-order valence-corrected chi connectivity index (χ0v) is 10.5. The zero-order chi connectivity index (χ0) is 12.2. The van der Waals surface area contributed by atoms with E-state index in [2.05, 4.69) is 13.8 Å². The van der Waals surface area contributed by atoms with Crippen molar-refractivity contribution < 1.29 is 4.79 Å². The van der Waals surface area contributed by atoms with E-state index in [1.54, 1.807) is 0 Å². The van der Waals surface area contributed by atoms with Gasteiger partial charge in [0, 0.05) is 13.1 Å². The van der Waals surface area contributed by atoms with Crippen LogP contribution in [0.1, 0.15) is 46.0 Å². The molecule has 0 saturated heterocycles. The van der Waals surface area contributed by atoms with E-state index >= 15 is 0 Å². The Kier molecular flexibility index (Phi) is 4.59. The Balaban J connectivity index is 2.86. The van der Waals surface area contributed by atoms with Crippen molar-refractivity contribution in [2.45, 2.75) is 51.5 Å². The van der Waals surface area contributed by atoms with Crippen LogP contribution < -0.4 is 11.5 Å². The van der Waals surface area contributed by atoms with Crippen molar-refractivity contribution in [3.63, 3.8) is 0 Å². The molecular weight excluding hydrogens is 202 g/mol. The van der Waals surface area contributed by atoms with E-state index in [1.807, 2.05) is 4.90 Å². The first-order valence-electron chi connectivity index (χ1n) is 6.33. The number of hydrogen-bond acceptors (Lipinski definition) is 2. The molecule has 2 unspecified atom stereocenters. The minimum absolute atomic E-state index is 0.181. The number of rotatable bonds is 4. The molecule has 1 rings (SSSR count). The van der Waals surface area contributed by atoms with Gasteiger partial charge in [-0.2, -0.15) is 0 Å². The maximum absolute atomic E-state index is 11.6. The molecule has 0 aliphatic heterocycles. The highest BCUT2D eigenvalue weighted by Crippen LogP contribution is 2.36. The van der Waals surface area contributed by atoms with Crippen molar-refractivity contribution in [3.05, 3.63) is 0 Å². The molecule has 0 spiro atoms. The molecular formula is C12H25N3O. The van der Waals surface area contributed by atoms with E-state index < -0.39 is 0 Å². The minimum atomic E-state index is -0.318. The second-order valence-corrected chi connectivity index (χ2v) is 5.12. The second-order valence-electron chi connectivity index (χ2n) is 5.12. The fraction of sp³-hybridized carbons (Fsp3) is 0.917. The van der Waals surface area contributed by atoms with Crippen molar-refractivity contribution in [2.24, 2.45) is 17.4 Å². The summed E-state index contributed by atoms with van der Waals surface area (Å²) in [5.41, 5.74) is 11.2. The fourth-order valence-electron chi connectivity index (χ4n) is 2.98. The van der Waals surface area contributed by atoms with Gasteiger partial charge in [-0.1, -0.05) is 26.7 Å². The van der Waals surface area contributed by atoms with Gasteiger partial charge in [0.15, 0.2) is 0 Å². The monoisotopic (exact) mass is 227 g/mol. The van der Waals surface area contributed by atoms with Gasteiger partial charge in [-0.05, 0) is 25.2 Å². The molecule has 1 aliphatic carbocycles. The largest absolute Gasteiger partial charge is 0.351 e. The van der Waals surface area contributed by atoms with Gasteiger partial charge >= 0.3 is 6.03 Å². The molecule has 4 N–H and O–H groups in total. The van der Waals surface area contributed by atoms with Crippen LogP contribution in [0.3, 0.4) is 0 Å². The quantitative estimate of drug-likeness (QED) is 0.767. The Labute approximate surface area is 98.3 Å². The molecule has 4 heteroatoms. The van der Waals surface area contributed by atoms with Crippen molar-refractivity contribution in [1.82, 2.24) is 4.90 Å². The summed E-state index contributed by atoms with van der Waals surface area (Å²) in [6.07, 6.45) is 5.30. The predicted octanol–water partition coefficient (Wildman–Crippen LogP) is 1.68. The van der Waals surface area contributed by atoms with Gasteiger partial charge in [-0.3, -0.25) is 0 Å². The van der Waals surface area contributed by atoms with E-state index in [0.717, 1.165) is 32.2 Å². The van der Waals surface area contributed by atoms with Gasteiger partial charge in [0.2, 0.25) is 0 Å². The summed E-state index contributed by atoms with van der Waals surface area (Å²) in [7, 11) is 0. The number of carbonyl (C=O) groups is 1. The van der Waals surface area contributed by atoms with Gasteiger partial charge < -0.3 is 16.4 Å². The molecule has 4 nitrogen and oxygen atoms in total. The Hall–Kier alpha value is -0.770. The van der Waals surface area contributed by atoms with Gasteiger partial charge in [0.1, 0.15) is 0 Å². The lowest BCUT2D eigenvalue weighted by Gasteiger charge is -2.47. The van der Waals surface area contributed by atoms with Crippen LogP contribution >= 0.6 is 0 Å². The Morgan fingerprint density at radius 2 is 2.25 bits per heavy atom. The lowest BCUT2D eigenvalue weighted by molar-refractivity contribution is 0.0701. The molecule has 0 bridgehead atoms. The number of amides is 2. The number of hydrogen-bond donors (Lipinski definition) is 2. The first-order valence-corrected chi connectivity index (χ1v) is 6.33. The van der Waals surface area contributed by atoms with E-state index in [4.69, 9.17) is 11.5 Å². The summed E-state index contributed by atoms with van der Waals surface area (Å²) in [6, 6.07) is -0.318. The van der Waals surface area contributed by atoms with Crippen LogP contribution in [0.4, 0.5) is 4.79 Å². The van der Waals surface area contributed by atoms with E-state index in [9.17, 15) is 4.79 Å². The Bertz CT molecular complexity index is 244. The molecule has 2 atom stereocenters. The van der Waals surface area contributed by atoms with Gasteiger partial charge in [0.25, 0.3) is 0 Å². The van der Waals surface area contributed by atoms with Crippen molar-refractivity contribution in [3.8, 4) is 0 Å². The van der Waals surface area contributed by atoms with Crippen LogP contribution in [-0.4, -0.2) is 29.6 Å². The summed E-state index contributed by atoms with van der Waals surface area (Å²) in [6.45, 7) is 5.54. The minimum Gasteiger partial charge on any atom is -0.351 e. The van der Waals surface area contributed by atoms with Crippen LogP contribution in [0.5, 0.6) is 0 Å². The Morgan fingerprint density at radius 3 is 2.69 bits per heavy atom. The average molecular weight is 227 g/mol. The highest BCUT2D eigenvalue weighted by Gasteiger charge is 2.40. The molecule has 0 aromatic rings. The molecule has 1 fully saturated rings. The van der Waals surface area contributed by atoms with Crippen LogP contribution in [-0.2, 0) is 0 Å². The van der Waals surface area contributed by atoms with Crippen LogP contribution in [0.25, 0.3) is 0 Å². The lowest BCUT2D eigenvalue weighted by Crippen LogP contribution is -2.60. The van der Waals surface area contributed by atoms with E-state index in [-0.39, 0.29) is 11.6 Å². The van der Waals surface area contributed by atoms with Crippen molar-refractivity contribution in [1.29, 1.82) is 0 Å². The zero-order valence-electron chi connectivity index (χ0n) is 10.5. The molecule has 2 amide bonds. The van der Waals surface area contributed by atoms with Gasteiger partial charge in [0.05, 0.1) is 5.54 Å². The number of nitrogens with zero attached hydrogens (tertiary/aromatic N) is 1. The van der Waals surface area contributed by atoms with Gasteiger partial charge in [-0.25, -0.2) is 4.79 Å². The molecule has 1 aliphatic rings. The lowest BCUT2D eigenvalue weighted by atomic mass is 9.75. The predicted molar refractivity (Wildman–Crippen MR) is 66.0 cm³/mol. The third-order valence-corrected chi connectivity index (χ3v) is 3.73. The molecule has 94 valence electrons.